The van der Waals surface area contributed by atoms with Crippen LogP contribution in [0.2, 0.25) is 0 Å². The monoisotopic (exact) mass is 533 g/mol. The number of urea groups is 1. The number of hydrogen-bond donors (Lipinski definition) is 2. The largest absolute Gasteiger partial charge is 0.491 e. The number of amides is 2. The number of carbonyl (C=O) groups is 1. The van der Waals surface area contributed by atoms with Gasteiger partial charge in [-0.3, -0.25) is 0 Å². The molecule has 2 aromatic carbocycles. The minimum atomic E-state index is -0.286. The number of thiazole rings is 1. The zero-order chi connectivity index (χ0) is 26.8. The lowest BCUT2D eigenvalue weighted by Gasteiger charge is -2.30. The normalized spacial score (nSPS) is 18.5. The standard InChI is InChI=1S/C31H39N3O3S/c1-5-20(4)26-17-21(9-12-28(26)37-19(2)3)30-32-18-29(38-30)25-8-6-7-24-23(25)10-11-27(24)33-31(36)34-15-13-22(35)14-16-34/h6-9,12,17-20,22,27,35H,5,10-11,13-16H2,1-4H3,(H,33,36). The fourth-order valence-corrected chi connectivity index (χ4v) is 6.49. The highest BCUT2D eigenvalue weighted by Crippen LogP contribution is 2.42. The third-order valence-electron chi connectivity index (χ3n) is 7.85. The highest BCUT2D eigenvalue weighted by atomic mass is 32.1. The van der Waals surface area contributed by atoms with E-state index in [1.54, 1.807) is 11.3 Å². The molecule has 2 atom stereocenters. The van der Waals surface area contributed by atoms with Crippen LogP contribution >= 0.6 is 11.3 Å². The second-order valence-corrected chi connectivity index (χ2v) is 11.9. The molecule has 0 bridgehead atoms. The average Bonchev–Trinajstić information content (AvgIpc) is 3.56. The van der Waals surface area contributed by atoms with Crippen LogP contribution in [0.15, 0.2) is 42.6 Å². The summed E-state index contributed by atoms with van der Waals surface area (Å²) in [5.41, 5.74) is 6.08. The van der Waals surface area contributed by atoms with Crippen LogP contribution in [0.3, 0.4) is 0 Å². The Hall–Kier alpha value is -2.90. The third kappa shape index (κ3) is 5.59. The van der Waals surface area contributed by atoms with E-state index in [1.165, 1.54) is 22.3 Å². The molecule has 1 fully saturated rings. The minimum Gasteiger partial charge on any atom is -0.491 e. The van der Waals surface area contributed by atoms with Crippen molar-refractivity contribution in [3.63, 3.8) is 0 Å². The van der Waals surface area contributed by atoms with Crippen molar-refractivity contribution in [2.45, 2.75) is 84.0 Å². The smallest absolute Gasteiger partial charge is 0.317 e. The molecule has 1 aliphatic heterocycles. The van der Waals surface area contributed by atoms with Gasteiger partial charge in [-0.1, -0.05) is 32.0 Å². The molecule has 5 rings (SSSR count). The second-order valence-electron chi connectivity index (χ2n) is 10.9. The van der Waals surface area contributed by atoms with Gasteiger partial charge < -0.3 is 20.1 Å². The van der Waals surface area contributed by atoms with Crippen LogP contribution in [0.25, 0.3) is 21.0 Å². The Morgan fingerprint density at radius 3 is 2.71 bits per heavy atom. The van der Waals surface area contributed by atoms with Crippen molar-refractivity contribution in [3.05, 3.63) is 59.3 Å². The number of aliphatic hydroxyl groups excluding tert-OH is 1. The molecule has 6 nitrogen and oxygen atoms in total. The number of rotatable bonds is 7. The first-order valence-electron chi connectivity index (χ1n) is 14.0. The molecule has 38 heavy (non-hydrogen) atoms. The molecule has 2 heterocycles. The fraction of sp³-hybridized carbons (Fsp3) is 0.484. The summed E-state index contributed by atoms with van der Waals surface area (Å²) in [5.74, 6) is 1.37. The maximum absolute atomic E-state index is 12.9. The van der Waals surface area contributed by atoms with Crippen molar-refractivity contribution in [2.75, 3.05) is 13.1 Å². The molecule has 2 amide bonds. The van der Waals surface area contributed by atoms with Crippen molar-refractivity contribution >= 4 is 17.4 Å². The second kappa shape index (κ2) is 11.5. The molecule has 1 saturated heterocycles. The average molecular weight is 534 g/mol. The van der Waals surface area contributed by atoms with E-state index in [0.717, 1.165) is 40.5 Å². The number of piperidine rings is 1. The van der Waals surface area contributed by atoms with Crippen LogP contribution in [0.1, 0.15) is 82.0 Å². The quantitative estimate of drug-likeness (QED) is 0.345. The number of aromatic nitrogens is 1. The van der Waals surface area contributed by atoms with Gasteiger partial charge in [-0.2, -0.15) is 0 Å². The van der Waals surface area contributed by atoms with Crippen LogP contribution < -0.4 is 10.1 Å². The molecule has 0 spiro atoms. The Morgan fingerprint density at radius 2 is 1.97 bits per heavy atom. The van der Waals surface area contributed by atoms with Crippen LogP contribution in [0.4, 0.5) is 4.79 Å². The number of benzene rings is 2. The number of nitrogens with zero attached hydrogens (tertiary/aromatic N) is 2. The zero-order valence-corrected chi connectivity index (χ0v) is 23.7. The lowest BCUT2D eigenvalue weighted by molar-refractivity contribution is 0.0928. The molecular formula is C31H39N3O3S. The fourth-order valence-electron chi connectivity index (χ4n) is 5.52. The Balaban J connectivity index is 1.37. The number of ether oxygens (including phenoxy) is 1. The van der Waals surface area contributed by atoms with Crippen LogP contribution in [0.5, 0.6) is 5.75 Å². The van der Waals surface area contributed by atoms with E-state index in [0.29, 0.717) is 31.8 Å². The summed E-state index contributed by atoms with van der Waals surface area (Å²) in [7, 11) is 0. The predicted octanol–water partition coefficient (Wildman–Crippen LogP) is 6.93. The van der Waals surface area contributed by atoms with Gasteiger partial charge in [-0.25, -0.2) is 9.78 Å². The summed E-state index contributed by atoms with van der Waals surface area (Å²) >= 11 is 1.72. The van der Waals surface area contributed by atoms with E-state index in [2.05, 4.69) is 69.4 Å². The summed E-state index contributed by atoms with van der Waals surface area (Å²) < 4.78 is 6.10. The summed E-state index contributed by atoms with van der Waals surface area (Å²) in [4.78, 5) is 20.7. The topological polar surface area (TPSA) is 74.7 Å². The van der Waals surface area contributed by atoms with Gasteiger partial charge in [0.05, 0.1) is 23.1 Å². The van der Waals surface area contributed by atoms with Crippen molar-refractivity contribution in [1.82, 2.24) is 15.2 Å². The third-order valence-corrected chi connectivity index (χ3v) is 8.93. The number of nitrogens with one attached hydrogen (secondary N) is 1. The maximum atomic E-state index is 12.9. The summed E-state index contributed by atoms with van der Waals surface area (Å²) in [5, 5.41) is 14.0. The van der Waals surface area contributed by atoms with Crippen molar-refractivity contribution in [2.24, 2.45) is 0 Å². The SMILES string of the molecule is CCC(C)c1cc(-c2ncc(-c3cccc4c3CCC4NC(=O)N3CCC(O)CC3)s2)ccc1OC(C)C. The Bertz CT molecular complexity index is 1280. The van der Waals surface area contributed by atoms with Gasteiger partial charge in [0.15, 0.2) is 0 Å². The van der Waals surface area contributed by atoms with Gasteiger partial charge in [0.2, 0.25) is 0 Å². The number of hydrogen-bond acceptors (Lipinski definition) is 5. The van der Waals surface area contributed by atoms with E-state index < -0.39 is 0 Å². The van der Waals surface area contributed by atoms with E-state index in [1.807, 2.05) is 11.1 Å². The molecule has 1 aromatic heterocycles. The Labute approximate surface area is 230 Å². The first-order valence-corrected chi connectivity index (χ1v) is 14.8. The minimum absolute atomic E-state index is 0.0169. The van der Waals surface area contributed by atoms with Crippen LogP contribution in [-0.4, -0.2) is 46.3 Å². The number of likely N-dealkylation sites (tertiary alicyclic amines) is 1. The van der Waals surface area contributed by atoms with Crippen molar-refractivity contribution in [3.8, 4) is 26.8 Å². The number of fused-ring (bicyclic) bond motifs is 1. The first kappa shape index (κ1) is 26.7. The lowest BCUT2D eigenvalue weighted by Crippen LogP contribution is -2.46. The number of aliphatic hydroxyl groups is 1. The van der Waals surface area contributed by atoms with E-state index in [-0.39, 0.29) is 24.3 Å². The van der Waals surface area contributed by atoms with Crippen LogP contribution in [-0.2, 0) is 6.42 Å². The summed E-state index contributed by atoms with van der Waals surface area (Å²) in [6.45, 7) is 9.81. The summed E-state index contributed by atoms with van der Waals surface area (Å²) in [6.07, 6.45) is 6.02. The van der Waals surface area contributed by atoms with E-state index in [9.17, 15) is 9.90 Å². The van der Waals surface area contributed by atoms with Crippen molar-refractivity contribution < 1.29 is 14.6 Å². The molecule has 1 aliphatic carbocycles. The molecule has 202 valence electrons. The molecule has 2 aliphatic rings. The van der Waals surface area contributed by atoms with E-state index >= 15 is 0 Å². The first-order chi connectivity index (χ1) is 18.3. The number of carbonyl (C=O) groups excluding carboxylic acids is 1. The van der Waals surface area contributed by atoms with Gasteiger partial charge >= 0.3 is 6.03 Å². The molecule has 7 heteroatoms. The highest BCUT2D eigenvalue weighted by molar-refractivity contribution is 7.18. The van der Waals surface area contributed by atoms with E-state index in [4.69, 9.17) is 9.72 Å². The molecule has 0 saturated carbocycles. The zero-order valence-electron chi connectivity index (χ0n) is 22.9. The van der Waals surface area contributed by atoms with Crippen LogP contribution in [0, 0.1) is 0 Å². The molecule has 2 N–H and O–H groups in total. The van der Waals surface area contributed by atoms with Gasteiger partial charge in [0, 0.05) is 24.8 Å². The molecule has 0 radical (unpaired) electrons. The lowest BCUT2D eigenvalue weighted by atomic mass is 9.96. The van der Waals surface area contributed by atoms with Gasteiger partial charge in [0.1, 0.15) is 10.8 Å². The summed E-state index contributed by atoms with van der Waals surface area (Å²) in [6, 6.07) is 12.9. The van der Waals surface area contributed by atoms with Gasteiger partial charge in [-0.05, 0) is 92.3 Å². The Morgan fingerprint density at radius 1 is 1.18 bits per heavy atom. The maximum Gasteiger partial charge on any atom is 0.317 e. The highest BCUT2D eigenvalue weighted by Gasteiger charge is 2.29. The van der Waals surface area contributed by atoms with Crippen molar-refractivity contribution in [1.29, 1.82) is 0 Å². The Kier molecular flexibility index (Phi) is 8.05. The molecular weight excluding hydrogens is 494 g/mol. The molecule has 3 aromatic rings. The molecule has 2 unspecified atom stereocenters. The predicted molar refractivity (Wildman–Crippen MR) is 154 cm³/mol. The van der Waals surface area contributed by atoms with Gasteiger partial charge in [0.25, 0.3) is 0 Å². The van der Waals surface area contributed by atoms with Gasteiger partial charge in [-0.15, -0.1) is 11.3 Å².